The lowest BCUT2D eigenvalue weighted by Gasteiger charge is -2.27. The molecule has 0 saturated carbocycles. The summed E-state index contributed by atoms with van der Waals surface area (Å²) in [6.45, 7) is 3.66. The third kappa shape index (κ3) is 2.25. The Balaban J connectivity index is 2.20. The van der Waals surface area contributed by atoms with Gasteiger partial charge in [-0.25, -0.2) is 4.79 Å². The summed E-state index contributed by atoms with van der Waals surface area (Å²) < 4.78 is 6.82. The van der Waals surface area contributed by atoms with Gasteiger partial charge < -0.3 is 14.7 Å². The number of aromatic nitrogens is 2. The quantitative estimate of drug-likeness (QED) is 0.913. The van der Waals surface area contributed by atoms with E-state index in [-0.39, 0.29) is 18.2 Å². The van der Waals surface area contributed by atoms with Gasteiger partial charge in [-0.1, -0.05) is 0 Å². The van der Waals surface area contributed by atoms with Crippen molar-refractivity contribution in [3.05, 3.63) is 29.0 Å². The number of carbonyl (C=O) groups excluding carboxylic acids is 1. The maximum atomic E-state index is 11.8. The first-order valence-corrected chi connectivity index (χ1v) is 7.12. The Morgan fingerprint density at radius 1 is 1.30 bits per heavy atom. The predicted molar refractivity (Wildman–Crippen MR) is 84.0 cm³/mol. The number of amides is 1. The predicted octanol–water partition coefficient (Wildman–Crippen LogP) is 1.76. The molecule has 0 fully saturated rings. The van der Waals surface area contributed by atoms with Crippen LogP contribution in [-0.4, -0.2) is 40.4 Å². The first-order valence-electron chi connectivity index (χ1n) is 7.12. The summed E-state index contributed by atoms with van der Waals surface area (Å²) in [6.07, 6.45) is 0. The molecule has 0 atom stereocenters. The highest BCUT2D eigenvalue weighted by Crippen LogP contribution is 2.38. The lowest BCUT2D eigenvalue weighted by molar-refractivity contribution is -0.120. The molecule has 7 heteroatoms. The molecule has 120 valence electrons. The topological polar surface area (TPSA) is 84.7 Å². The molecule has 2 heterocycles. The maximum absolute atomic E-state index is 11.8. The second-order valence-corrected chi connectivity index (χ2v) is 5.63. The molecule has 0 bridgehead atoms. The van der Waals surface area contributed by atoms with Crippen LogP contribution in [0.25, 0.3) is 11.3 Å². The number of carbonyl (C=O) groups is 2. The molecule has 2 aromatic rings. The number of fused-ring (bicyclic) bond motifs is 1. The fourth-order valence-electron chi connectivity index (χ4n) is 2.86. The van der Waals surface area contributed by atoms with Crippen LogP contribution in [0, 0.1) is 13.8 Å². The van der Waals surface area contributed by atoms with Gasteiger partial charge in [0.25, 0.3) is 5.91 Å². The zero-order valence-electron chi connectivity index (χ0n) is 13.4. The van der Waals surface area contributed by atoms with Crippen LogP contribution in [0.2, 0.25) is 0 Å². The van der Waals surface area contributed by atoms with Crippen molar-refractivity contribution in [2.45, 2.75) is 13.8 Å². The number of hydrogen-bond acceptors (Lipinski definition) is 4. The minimum absolute atomic E-state index is 0.0219. The first kappa shape index (κ1) is 15.1. The van der Waals surface area contributed by atoms with Gasteiger partial charge in [0.1, 0.15) is 11.4 Å². The van der Waals surface area contributed by atoms with Crippen molar-refractivity contribution in [1.82, 2.24) is 9.78 Å². The van der Waals surface area contributed by atoms with Gasteiger partial charge >= 0.3 is 5.97 Å². The van der Waals surface area contributed by atoms with Gasteiger partial charge in [0.2, 0.25) is 0 Å². The summed E-state index contributed by atoms with van der Waals surface area (Å²) in [6, 6.07) is 3.67. The van der Waals surface area contributed by atoms with Crippen molar-refractivity contribution in [1.29, 1.82) is 0 Å². The van der Waals surface area contributed by atoms with E-state index in [0.717, 1.165) is 11.1 Å². The van der Waals surface area contributed by atoms with Crippen LogP contribution in [0.4, 0.5) is 5.69 Å². The van der Waals surface area contributed by atoms with E-state index in [2.05, 4.69) is 5.10 Å². The fourth-order valence-corrected chi connectivity index (χ4v) is 2.86. The molecular weight excluding hydrogens is 298 g/mol. The normalized spacial score (nSPS) is 13.7. The fraction of sp³-hybridized carbons (Fsp3) is 0.312. The molecule has 0 spiro atoms. The average molecular weight is 315 g/mol. The number of hydrogen-bond donors (Lipinski definition) is 1. The van der Waals surface area contributed by atoms with E-state index in [1.807, 2.05) is 19.1 Å². The van der Waals surface area contributed by atoms with Crippen molar-refractivity contribution in [3.63, 3.8) is 0 Å². The largest absolute Gasteiger partial charge is 0.482 e. The summed E-state index contributed by atoms with van der Waals surface area (Å²) in [5, 5.41) is 13.7. The number of aryl methyl sites for hydroxylation is 2. The maximum Gasteiger partial charge on any atom is 0.354 e. The molecular formula is C16H17N3O4. The average Bonchev–Trinajstić information content (AvgIpc) is 2.77. The Labute approximate surface area is 133 Å². The molecule has 0 radical (unpaired) electrons. The van der Waals surface area contributed by atoms with Crippen molar-refractivity contribution >= 4 is 17.6 Å². The monoisotopic (exact) mass is 315 g/mol. The molecule has 1 aromatic carbocycles. The molecule has 1 N–H and O–H groups in total. The molecule has 1 amide bonds. The standard InChI is InChI=1S/C16H17N3O4/c1-8-5-12-11(18(3)13(20)7-23-12)6-10(8)14-9(2)15(16(21)22)19(4)17-14/h5-6H,7H2,1-4H3,(H,21,22). The number of nitrogens with zero attached hydrogens (tertiary/aromatic N) is 3. The molecule has 1 aliphatic rings. The number of ether oxygens (including phenoxy) is 1. The van der Waals surface area contributed by atoms with Crippen LogP contribution in [-0.2, 0) is 11.8 Å². The summed E-state index contributed by atoms with van der Waals surface area (Å²) in [7, 11) is 3.29. The van der Waals surface area contributed by atoms with E-state index < -0.39 is 5.97 Å². The van der Waals surface area contributed by atoms with E-state index in [4.69, 9.17) is 4.74 Å². The molecule has 0 aliphatic carbocycles. The number of carboxylic acid groups (broad SMARTS) is 1. The Morgan fingerprint density at radius 2 is 2.00 bits per heavy atom. The SMILES string of the molecule is Cc1cc2c(cc1-c1nn(C)c(C(=O)O)c1C)N(C)C(=O)CO2. The van der Waals surface area contributed by atoms with Gasteiger partial charge in [0.05, 0.1) is 11.4 Å². The second-order valence-electron chi connectivity index (χ2n) is 5.63. The van der Waals surface area contributed by atoms with Crippen molar-refractivity contribution < 1.29 is 19.4 Å². The van der Waals surface area contributed by atoms with E-state index in [1.54, 1.807) is 21.0 Å². The number of benzene rings is 1. The minimum atomic E-state index is -1.02. The smallest absolute Gasteiger partial charge is 0.354 e. The van der Waals surface area contributed by atoms with Gasteiger partial charge in [-0.05, 0) is 31.5 Å². The summed E-state index contributed by atoms with van der Waals surface area (Å²) in [5.74, 6) is -0.508. The molecule has 3 rings (SSSR count). The van der Waals surface area contributed by atoms with E-state index in [0.29, 0.717) is 22.7 Å². The van der Waals surface area contributed by atoms with E-state index >= 15 is 0 Å². The molecule has 1 aliphatic heterocycles. The summed E-state index contributed by atoms with van der Waals surface area (Å²) in [5.41, 5.74) is 3.69. The van der Waals surface area contributed by atoms with E-state index in [9.17, 15) is 14.7 Å². The number of carboxylic acids is 1. The van der Waals surface area contributed by atoms with Crippen LogP contribution in [0.3, 0.4) is 0 Å². The number of anilines is 1. The van der Waals surface area contributed by atoms with Gasteiger partial charge in [0, 0.05) is 25.2 Å². The number of likely N-dealkylation sites (N-methyl/N-ethyl adjacent to an activating group) is 1. The van der Waals surface area contributed by atoms with Crippen molar-refractivity contribution in [2.75, 3.05) is 18.6 Å². The first-order chi connectivity index (χ1) is 10.8. The van der Waals surface area contributed by atoms with Crippen LogP contribution in [0.15, 0.2) is 12.1 Å². The minimum Gasteiger partial charge on any atom is -0.482 e. The lowest BCUT2D eigenvalue weighted by atomic mass is 10.00. The van der Waals surface area contributed by atoms with Gasteiger partial charge in [-0.2, -0.15) is 5.10 Å². The number of aromatic carboxylic acids is 1. The molecule has 7 nitrogen and oxygen atoms in total. The summed E-state index contributed by atoms with van der Waals surface area (Å²) in [4.78, 5) is 24.7. The molecule has 0 saturated heterocycles. The van der Waals surface area contributed by atoms with Crippen LogP contribution < -0.4 is 9.64 Å². The van der Waals surface area contributed by atoms with Crippen LogP contribution in [0.1, 0.15) is 21.6 Å². The zero-order chi connectivity index (χ0) is 16.9. The van der Waals surface area contributed by atoms with Gasteiger partial charge in [-0.3, -0.25) is 9.48 Å². The Morgan fingerprint density at radius 3 is 2.61 bits per heavy atom. The molecule has 0 unspecified atom stereocenters. The third-order valence-electron chi connectivity index (χ3n) is 4.13. The van der Waals surface area contributed by atoms with Crippen molar-refractivity contribution in [3.8, 4) is 17.0 Å². The molecule has 1 aromatic heterocycles. The Hall–Kier alpha value is -2.83. The highest BCUT2D eigenvalue weighted by Gasteiger charge is 2.26. The highest BCUT2D eigenvalue weighted by molar-refractivity contribution is 5.98. The van der Waals surface area contributed by atoms with Crippen LogP contribution >= 0.6 is 0 Å². The molecule has 23 heavy (non-hydrogen) atoms. The second kappa shape index (κ2) is 5.12. The Kier molecular flexibility index (Phi) is 3.35. The zero-order valence-corrected chi connectivity index (χ0v) is 13.4. The van der Waals surface area contributed by atoms with Gasteiger partial charge in [0.15, 0.2) is 6.61 Å². The Bertz CT molecular complexity index is 838. The third-order valence-corrected chi connectivity index (χ3v) is 4.13. The van der Waals surface area contributed by atoms with Gasteiger partial charge in [-0.15, -0.1) is 0 Å². The number of rotatable bonds is 2. The summed E-state index contributed by atoms with van der Waals surface area (Å²) >= 11 is 0. The van der Waals surface area contributed by atoms with E-state index in [1.165, 1.54) is 9.58 Å². The van der Waals surface area contributed by atoms with Crippen LogP contribution in [0.5, 0.6) is 5.75 Å². The lowest BCUT2D eigenvalue weighted by Crippen LogP contribution is -2.35. The van der Waals surface area contributed by atoms with Crippen molar-refractivity contribution in [2.24, 2.45) is 7.05 Å². The highest BCUT2D eigenvalue weighted by atomic mass is 16.5.